The molecule has 0 bridgehead atoms. The first-order valence-corrected chi connectivity index (χ1v) is 6.33. The van der Waals surface area contributed by atoms with Gasteiger partial charge in [0.25, 0.3) is 5.91 Å². The number of nitrogens with two attached hydrogens (primary N) is 1. The summed E-state index contributed by atoms with van der Waals surface area (Å²) >= 11 is 11.7. The Morgan fingerprint density at radius 3 is 2.75 bits per heavy atom. The van der Waals surface area contributed by atoms with E-state index in [0.29, 0.717) is 11.3 Å². The molecule has 0 saturated heterocycles. The van der Waals surface area contributed by atoms with Crippen LogP contribution in [-0.2, 0) is 0 Å². The number of nitrogens with zero attached hydrogens (tertiary/aromatic N) is 1. The van der Waals surface area contributed by atoms with E-state index in [2.05, 4.69) is 10.3 Å². The van der Waals surface area contributed by atoms with Gasteiger partial charge in [0.2, 0.25) is 0 Å². The molecule has 2 rings (SSSR count). The van der Waals surface area contributed by atoms with E-state index in [1.807, 2.05) is 0 Å². The van der Waals surface area contributed by atoms with Crippen molar-refractivity contribution in [2.24, 2.45) is 0 Å². The lowest BCUT2D eigenvalue weighted by molar-refractivity contribution is 0.102. The van der Waals surface area contributed by atoms with Gasteiger partial charge in [-0.3, -0.25) is 4.79 Å². The predicted octanol–water partition coefficient (Wildman–Crippen LogP) is 3.67. The third-order valence-electron chi connectivity index (χ3n) is 2.68. The van der Waals surface area contributed by atoms with Crippen LogP contribution in [0.4, 0.5) is 15.8 Å². The minimum Gasteiger partial charge on any atom is -0.396 e. The van der Waals surface area contributed by atoms with Crippen molar-refractivity contribution in [3.8, 4) is 0 Å². The van der Waals surface area contributed by atoms with Crippen molar-refractivity contribution < 1.29 is 9.18 Å². The van der Waals surface area contributed by atoms with Gasteiger partial charge in [-0.05, 0) is 30.7 Å². The normalized spacial score (nSPS) is 10.4. The fourth-order valence-corrected chi connectivity index (χ4v) is 2.24. The molecule has 4 nitrogen and oxygen atoms in total. The molecule has 1 heterocycles. The second kappa shape index (κ2) is 5.64. The molecule has 0 atom stereocenters. The minimum absolute atomic E-state index is 0.0235. The SMILES string of the molecule is Cc1cc(Cl)nc(Cl)c1NC(=O)c1cccc(F)c1N. The highest BCUT2D eigenvalue weighted by atomic mass is 35.5. The van der Waals surface area contributed by atoms with Crippen LogP contribution in [0.25, 0.3) is 0 Å². The Morgan fingerprint density at radius 1 is 1.40 bits per heavy atom. The number of hydrogen-bond acceptors (Lipinski definition) is 3. The quantitative estimate of drug-likeness (QED) is 0.656. The zero-order valence-corrected chi connectivity index (χ0v) is 11.9. The van der Waals surface area contributed by atoms with Gasteiger partial charge in [-0.15, -0.1) is 0 Å². The minimum atomic E-state index is -0.658. The number of nitrogens with one attached hydrogen (secondary N) is 1. The van der Waals surface area contributed by atoms with Crippen LogP contribution in [0.5, 0.6) is 0 Å². The number of aromatic nitrogens is 1. The number of benzene rings is 1. The van der Waals surface area contributed by atoms with Crippen LogP contribution in [0.1, 0.15) is 15.9 Å². The summed E-state index contributed by atoms with van der Waals surface area (Å²) < 4.78 is 13.3. The molecule has 20 heavy (non-hydrogen) atoms. The van der Waals surface area contributed by atoms with Crippen molar-refractivity contribution in [1.82, 2.24) is 4.98 Å². The number of para-hydroxylation sites is 1. The lowest BCUT2D eigenvalue weighted by atomic mass is 10.1. The molecule has 0 radical (unpaired) electrons. The fourth-order valence-electron chi connectivity index (χ4n) is 1.66. The Kier molecular flexibility index (Phi) is 4.11. The Labute approximate surface area is 124 Å². The lowest BCUT2D eigenvalue weighted by Gasteiger charge is -2.11. The maximum atomic E-state index is 13.3. The third-order valence-corrected chi connectivity index (χ3v) is 3.14. The topological polar surface area (TPSA) is 68.0 Å². The first-order chi connectivity index (χ1) is 9.40. The standard InChI is InChI=1S/C13H10Cl2FN3O/c1-6-5-9(14)18-12(15)11(6)19-13(20)7-3-2-4-8(16)10(7)17/h2-5H,17H2,1H3,(H,19,20). The van der Waals surface area contributed by atoms with Gasteiger partial charge in [-0.1, -0.05) is 29.3 Å². The number of carbonyl (C=O) groups excluding carboxylic acids is 1. The number of anilines is 2. The lowest BCUT2D eigenvalue weighted by Crippen LogP contribution is -2.16. The predicted molar refractivity (Wildman–Crippen MR) is 77.8 cm³/mol. The summed E-state index contributed by atoms with van der Waals surface area (Å²) in [5, 5.41) is 2.82. The molecule has 1 amide bonds. The number of halogens is 3. The molecule has 0 fully saturated rings. The number of nitrogen functional groups attached to an aromatic ring is 1. The molecule has 104 valence electrons. The summed E-state index contributed by atoms with van der Waals surface area (Å²) in [6.07, 6.45) is 0. The van der Waals surface area contributed by atoms with Gasteiger partial charge in [-0.25, -0.2) is 9.37 Å². The molecule has 0 unspecified atom stereocenters. The molecule has 3 N–H and O–H groups in total. The average Bonchev–Trinajstić information content (AvgIpc) is 2.36. The number of aryl methyl sites for hydroxylation is 1. The van der Waals surface area contributed by atoms with Gasteiger partial charge in [0.15, 0.2) is 5.15 Å². The van der Waals surface area contributed by atoms with Crippen molar-refractivity contribution in [2.75, 3.05) is 11.1 Å². The van der Waals surface area contributed by atoms with Crippen molar-refractivity contribution in [3.63, 3.8) is 0 Å². The highest BCUT2D eigenvalue weighted by Gasteiger charge is 2.16. The average molecular weight is 314 g/mol. The van der Waals surface area contributed by atoms with Gasteiger partial charge in [0.05, 0.1) is 16.9 Å². The van der Waals surface area contributed by atoms with Crippen LogP contribution < -0.4 is 11.1 Å². The highest BCUT2D eigenvalue weighted by Crippen LogP contribution is 2.27. The third kappa shape index (κ3) is 2.84. The van der Waals surface area contributed by atoms with Crippen LogP contribution in [0.3, 0.4) is 0 Å². The zero-order chi connectivity index (χ0) is 14.9. The molecular formula is C13H10Cl2FN3O. The number of carbonyl (C=O) groups is 1. The van der Waals surface area contributed by atoms with E-state index >= 15 is 0 Å². The molecule has 0 aliphatic rings. The largest absolute Gasteiger partial charge is 0.396 e. The van der Waals surface area contributed by atoms with Crippen LogP contribution in [0.2, 0.25) is 10.3 Å². The summed E-state index contributed by atoms with van der Waals surface area (Å²) in [6, 6.07) is 5.54. The molecule has 1 aromatic heterocycles. The van der Waals surface area contributed by atoms with E-state index in [-0.39, 0.29) is 21.6 Å². The molecule has 0 spiro atoms. The van der Waals surface area contributed by atoms with E-state index in [4.69, 9.17) is 28.9 Å². The number of amides is 1. The number of rotatable bonds is 2. The molecule has 0 aliphatic heterocycles. The van der Waals surface area contributed by atoms with Crippen molar-refractivity contribution in [3.05, 3.63) is 51.5 Å². The maximum absolute atomic E-state index is 13.3. The maximum Gasteiger partial charge on any atom is 0.257 e. The van der Waals surface area contributed by atoms with Crippen molar-refractivity contribution >= 4 is 40.5 Å². The number of pyridine rings is 1. The summed E-state index contributed by atoms with van der Waals surface area (Å²) in [4.78, 5) is 15.9. The van der Waals surface area contributed by atoms with Gasteiger partial charge in [0, 0.05) is 0 Å². The number of hydrogen-bond donors (Lipinski definition) is 2. The first kappa shape index (κ1) is 14.6. The van der Waals surface area contributed by atoms with E-state index in [1.165, 1.54) is 18.2 Å². The van der Waals surface area contributed by atoms with Crippen LogP contribution >= 0.6 is 23.2 Å². The van der Waals surface area contributed by atoms with Gasteiger partial charge < -0.3 is 11.1 Å². The second-order valence-corrected chi connectivity index (χ2v) is 4.83. The first-order valence-electron chi connectivity index (χ1n) is 5.58. The summed E-state index contributed by atoms with van der Waals surface area (Å²) in [6.45, 7) is 1.71. The van der Waals surface area contributed by atoms with Crippen molar-refractivity contribution in [1.29, 1.82) is 0 Å². The molecule has 2 aromatic rings. The molecule has 1 aromatic carbocycles. The fraction of sp³-hybridized carbons (Fsp3) is 0.0769. The van der Waals surface area contributed by atoms with E-state index in [1.54, 1.807) is 13.0 Å². The van der Waals surface area contributed by atoms with E-state index in [9.17, 15) is 9.18 Å². The molecule has 0 aliphatic carbocycles. The Hall–Kier alpha value is -1.85. The van der Waals surface area contributed by atoms with E-state index in [0.717, 1.165) is 0 Å². The summed E-state index contributed by atoms with van der Waals surface area (Å²) in [5.74, 6) is -1.23. The van der Waals surface area contributed by atoms with Crippen LogP contribution in [0.15, 0.2) is 24.3 Å². The van der Waals surface area contributed by atoms with Gasteiger partial charge >= 0.3 is 0 Å². The molecule has 0 saturated carbocycles. The highest BCUT2D eigenvalue weighted by molar-refractivity contribution is 6.35. The summed E-state index contributed by atoms with van der Waals surface area (Å²) in [7, 11) is 0. The van der Waals surface area contributed by atoms with Gasteiger partial charge in [0.1, 0.15) is 11.0 Å². The Bertz CT molecular complexity index is 668. The van der Waals surface area contributed by atoms with Crippen LogP contribution in [0, 0.1) is 12.7 Å². The summed E-state index contributed by atoms with van der Waals surface area (Å²) in [5.41, 5.74) is 6.28. The monoisotopic (exact) mass is 313 g/mol. The van der Waals surface area contributed by atoms with Crippen LogP contribution in [-0.4, -0.2) is 10.9 Å². The molecular weight excluding hydrogens is 304 g/mol. The zero-order valence-electron chi connectivity index (χ0n) is 10.4. The van der Waals surface area contributed by atoms with Crippen molar-refractivity contribution in [2.45, 2.75) is 6.92 Å². The smallest absolute Gasteiger partial charge is 0.257 e. The van der Waals surface area contributed by atoms with Gasteiger partial charge in [-0.2, -0.15) is 0 Å². The second-order valence-electron chi connectivity index (χ2n) is 4.08. The Morgan fingerprint density at radius 2 is 2.10 bits per heavy atom. The van der Waals surface area contributed by atoms with E-state index < -0.39 is 11.7 Å². The Balaban J connectivity index is 2.36. The molecule has 7 heteroatoms.